The Morgan fingerprint density at radius 2 is 2.05 bits per heavy atom. The molecular formula is C17H19FN2O. The molecule has 0 aliphatic heterocycles. The summed E-state index contributed by atoms with van der Waals surface area (Å²) in [6, 6.07) is 8.26. The van der Waals surface area contributed by atoms with E-state index in [1.54, 1.807) is 12.1 Å². The number of nitrogens with one attached hydrogen (secondary N) is 2. The van der Waals surface area contributed by atoms with Crippen molar-refractivity contribution in [2.24, 2.45) is 0 Å². The minimum Gasteiger partial charge on any atom is -0.364 e. The maximum absolute atomic E-state index is 12.9. The fraction of sp³-hybridized carbons (Fsp3) is 0.353. The van der Waals surface area contributed by atoms with Gasteiger partial charge in [-0.3, -0.25) is 4.79 Å². The Balaban J connectivity index is 1.60. The first-order valence-electron chi connectivity index (χ1n) is 7.36. The van der Waals surface area contributed by atoms with Gasteiger partial charge in [0.2, 0.25) is 0 Å². The summed E-state index contributed by atoms with van der Waals surface area (Å²) in [5.74, 6) is 0.400. The zero-order valence-electron chi connectivity index (χ0n) is 12.0. The van der Waals surface area contributed by atoms with E-state index in [1.807, 2.05) is 19.2 Å². The predicted molar refractivity (Wildman–Crippen MR) is 79.9 cm³/mol. The smallest absolute Gasteiger partial charge is 0.253 e. The third-order valence-corrected chi connectivity index (χ3v) is 4.02. The zero-order valence-corrected chi connectivity index (χ0v) is 12.0. The van der Waals surface area contributed by atoms with Crippen molar-refractivity contribution in [3.05, 3.63) is 59.2 Å². The largest absolute Gasteiger partial charge is 0.364 e. The van der Waals surface area contributed by atoms with Crippen molar-refractivity contribution in [1.82, 2.24) is 10.3 Å². The highest BCUT2D eigenvalue weighted by Crippen LogP contribution is 2.40. The summed E-state index contributed by atoms with van der Waals surface area (Å²) >= 11 is 0. The second kappa shape index (κ2) is 5.72. The third-order valence-electron chi connectivity index (χ3n) is 4.02. The fourth-order valence-electron chi connectivity index (χ4n) is 2.54. The molecule has 3 nitrogen and oxygen atoms in total. The van der Waals surface area contributed by atoms with E-state index in [-0.39, 0.29) is 17.6 Å². The summed E-state index contributed by atoms with van der Waals surface area (Å²) in [4.78, 5) is 15.4. The summed E-state index contributed by atoms with van der Waals surface area (Å²) in [5, 5.41) is 2.97. The van der Waals surface area contributed by atoms with Crippen molar-refractivity contribution >= 4 is 5.91 Å². The minimum atomic E-state index is -0.239. The highest BCUT2D eigenvalue weighted by molar-refractivity contribution is 5.95. The van der Waals surface area contributed by atoms with Crippen LogP contribution in [0.2, 0.25) is 0 Å². The average molecular weight is 286 g/mol. The Hall–Kier alpha value is -2.10. The van der Waals surface area contributed by atoms with Crippen molar-refractivity contribution in [3.8, 4) is 0 Å². The Labute approximate surface area is 123 Å². The molecule has 1 amide bonds. The lowest BCUT2D eigenvalue weighted by Crippen LogP contribution is -2.28. The lowest BCUT2D eigenvalue weighted by Gasteiger charge is -2.13. The molecule has 0 saturated heterocycles. The standard InChI is InChI=1S/C17H19FN2O/c1-11(12-4-6-14(18)7-5-12)10-20-17(21)15-8-9-19-16(15)13-2-3-13/h4-9,11,13,19H,2-3,10H2,1H3,(H,20,21). The zero-order chi connectivity index (χ0) is 14.8. The molecule has 0 radical (unpaired) electrons. The molecule has 1 aliphatic rings. The van der Waals surface area contributed by atoms with Gasteiger partial charge in [0.25, 0.3) is 5.91 Å². The number of aromatic amines is 1. The number of carbonyl (C=O) groups excluding carboxylic acids is 1. The second-order valence-electron chi connectivity index (χ2n) is 5.74. The molecule has 3 rings (SSSR count). The number of rotatable bonds is 5. The van der Waals surface area contributed by atoms with Crippen LogP contribution >= 0.6 is 0 Å². The molecule has 1 aromatic carbocycles. The maximum Gasteiger partial charge on any atom is 0.253 e. The third kappa shape index (κ3) is 3.15. The van der Waals surface area contributed by atoms with E-state index in [4.69, 9.17) is 0 Å². The molecule has 1 fully saturated rings. The van der Waals surface area contributed by atoms with Gasteiger partial charge < -0.3 is 10.3 Å². The average Bonchev–Trinajstić information content (AvgIpc) is 3.22. The molecule has 1 aliphatic carbocycles. The lowest BCUT2D eigenvalue weighted by molar-refractivity contribution is 0.0951. The van der Waals surface area contributed by atoms with Crippen molar-refractivity contribution in [2.45, 2.75) is 31.6 Å². The molecule has 0 bridgehead atoms. The van der Waals surface area contributed by atoms with Crippen LogP contribution in [0.25, 0.3) is 0 Å². The number of carbonyl (C=O) groups is 1. The molecular weight excluding hydrogens is 267 g/mol. The van der Waals surface area contributed by atoms with Crippen molar-refractivity contribution < 1.29 is 9.18 Å². The highest BCUT2D eigenvalue weighted by atomic mass is 19.1. The van der Waals surface area contributed by atoms with Crippen molar-refractivity contribution in [2.75, 3.05) is 6.54 Å². The van der Waals surface area contributed by atoms with E-state index < -0.39 is 0 Å². The van der Waals surface area contributed by atoms with E-state index in [0.717, 1.165) is 29.7 Å². The van der Waals surface area contributed by atoms with Crippen LogP contribution in [-0.2, 0) is 0 Å². The van der Waals surface area contributed by atoms with Gasteiger partial charge >= 0.3 is 0 Å². The van der Waals surface area contributed by atoms with Gasteiger partial charge in [0.05, 0.1) is 5.56 Å². The van der Waals surface area contributed by atoms with Crippen LogP contribution in [0.15, 0.2) is 36.5 Å². The number of benzene rings is 1. The van der Waals surface area contributed by atoms with Gasteiger partial charge in [-0.2, -0.15) is 0 Å². The minimum absolute atomic E-state index is 0.0351. The second-order valence-corrected chi connectivity index (χ2v) is 5.74. The van der Waals surface area contributed by atoms with Crippen LogP contribution in [0.5, 0.6) is 0 Å². The van der Waals surface area contributed by atoms with Gasteiger partial charge in [0.1, 0.15) is 5.82 Å². The predicted octanol–water partition coefficient (Wildman–Crippen LogP) is 3.56. The number of halogens is 1. The van der Waals surface area contributed by atoms with E-state index in [0.29, 0.717) is 12.5 Å². The Kier molecular flexibility index (Phi) is 3.78. The maximum atomic E-state index is 12.9. The molecule has 1 unspecified atom stereocenters. The monoisotopic (exact) mass is 286 g/mol. The van der Waals surface area contributed by atoms with Crippen molar-refractivity contribution in [3.63, 3.8) is 0 Å². The number of hydrogen-bond donors (Lipinski definition) is 2. The number of amides is 1. The molecule has 0 spiro atoms. The summed E-state index contributed by atoms with van der Waals surface area (Å²) in [6.45, 7) is 2.56. The molecule has 4 heteroatoms. The first kappa shape index (κ1) is 13.9. The SMILES string of the molecule is CC(CNC(=O)c1cc[nH]c1C1CC1)c1ccc(F)cc1. The molecule has 1 heterocycles. The summed E-state index contributed by atoms with van der Waals surface area (Å²) in [5.41, 5.74) is 2.83. The fourth-order valence-corrected chi connectivity index (χ4v) is 2.54. The Bertz CT molecular complexity index is 628. The van der Waals surface area contributed by atoms with Crippen LogP contribution in [0, 0.1) is 5.82 Å². The van der Waals surface area contributed by atoms with Crippen molar-refractivity contribution in [1.29, 1.82) is 0 Å². The first-order chi connectivity index (χ1) is 10.1. The van der Waals surface area contributed by atoms with Gasteiger partial charge in [0, 0.05) is 18.4 Å². The molecule has 2 N–H and O–H groups in total. The quantitative estimate of drug-likeness (QED) is 0.867. The molecule has 1 atom stereocenters. The van der Waals surface area contributed by atoms with Crippen LogP contribution in [-0.4, -0.2) is 17.4 Å². The Morgan fingerprint density at radius 1 is 1.33 bits per heavy atom. The molecule has 2 aromatic rings. The molecule has 110 valence electrons. The van der Waals surface area contributed by atoms with E-state index in [2.05, 4.69) is 10.3 Å². The van der Waals surface area contributed by atoms with Gasteiger partial charge in [-0.05, 0) is 48.4 Å². The van der Waals surface area contributed by atoms with E-state index in [9.17, 15) is 9.18 Å². The summed E-state index contributed by atoms with van der Waals surface area (Å²) in [6.07, 6.45) is 4.14. The van der Waals surface area contributed by atoms with Gasteiger partial charge in [-0.15, -0.1) is 0 Å². The van der Waals surface area contributed by atoms with Crippen LogP contribution in [0.4, 0.5) is 4.39 Å². The van der Waals surface area contributed by atoms with Crippen LogP contribution in [0.1, 0.15) is 53.2 Å². The van der Waals surface area contributed by atoms with Gasteiger partial charge in [-0.25, -0.2) is 4.39 Å². The van der Waals surface area contributed by atoms with E-state index in [1.165, 1.54) is 12.1 Å². The summed E-state index contributed by atoms with van der Waals surface area (Å²) in [7, 11) is 0. The van der Waals surface area contributed by atoms with Gasteiger partial charge in [-0.1, -0.05) is 19.1 Å². The van der Waals surface area contributed by atoms with E-state index >= 15 is 0 Å². The van der Waals surface area contributed by atoms with Gasteiger partial charge in [0.15, 0.2) is 0 Å². The number of H-pyrrole nitrogens is 1. The topological polar surface area (TPSA) is 44.9 Å². The lowest BCUT2D eigenvalue weighted by atomic mass is 10.0. The first-order valence-corrected chi connectivity index (χ1v) is 7.36. The summed E-state index contributed by atoms with van der Waals surface area (Å²) < 4.78 is 12.9. The number of hydrogen-bond acceptors (Lipinski definition) is 1. The Morgan fingerprint density at radius 3 is 2.71 bits per heavy atom. The van der Waals surface area contributed by atoms with Crippen LogP contribution in [0.3, 0.4) is 0 Å². The molecule has 1 aromatic heterocycles. The normalized spacial score (nSPS) is 15.7. The highest BCUT2D eigenvalue weighted by Gasteiger charge is 2.29. The molecule has 21 heavy (non-hydrogen) atoms. The van der Waals surface area contributed by atoms with Crippen LogP contribution < -0.4 is 5.32 Å². The molecule has 1 saturated carbocycles. The number of aromatic nitrogens is 1.